The Labute approximate surface area is 137 Å². The molecule has 128 valence electrons. The van der Waals surface area contributed by atoms with Crippen LogP contribution in [0.1, 0.15) is 49.5 Å². The molecular formula is C16H27N5O2. The van der Waals surface area contributed by atoms with E-state index in [1.54, 1.807) is 6.20 Å². The van der Waals surface area contributed by atoms with Crippen LogP contribution in [0.15, 0.2) is 6.20 Å². The van der Waals surface area contributed by atoms with Gasteiger partial charge in [0.1, 0.15) is 11.5 Å². The van der Waals surface area contributed by atoms with E-state index in [9.17, 15) is 9.59 Å². The molecule has 0 unspecified atom stereocenters. The molecule has 0 spiro atoms. The highest BCUT2D eigenvalue weighted by molar-refractivity contribution is 5.92. The van der Waals surface area contributed by atoms with Gasteiger partial charge >= 0.3 is 0 Å². The lowest BCUT2D eigenvalue weighted by molar-refractivity contribution is -0.134. The van der Waals surface area contributed by atoms with Crippen LogP contribution in [0.25, 0.3) is 0 Å². The molecule has 2 amide bonds. The first-order chi connectivity index (χ1) is 10.8. The number of amides is 2. The van der Waals surface area contributed by atoms with Crippen LogP contribution in [0.3, 0.4) is 0 Å². The van der Waals surface area contributed by atoms with Crippen LogP contribution in [-0.2, 0) is 11.3 Å². The molecule has 0 radical (unpaired) electrons. The van der Waals surface area contributed by atoms with E-state index in [2.05, 4.69) is 10.3 Å². The summed E-state index contributed by atoms with van der Waals surface area (Å²) in [5, 5.41) is 2.85. The minimum atomic E-state index is -0.167. The molecule has 0 bridgehead atoms. The number of imidazole rings is 1. The minimum Gasteiger partial charge on any atom is -0.348 e. The largest absolute Gasteiger partial charge is 0.348 e. The van der Waals surface area contributed by atoms with Crippen LogP contribution >= 0.6 is 0 Å². The Morgan fingerprint density at radius 1 is 1.39 bits per heavy atom. The zero-order chi connectivity index (χ0) is 17.1. The zero-order valence-electron chi connectivity index (χ0n) is 14.7. The van der Waals surface area contributed by atoms with Crippen LogP contribution in [0.5, 0.6) is 0 Å². The molecule has 23 heavy (non-hydrogen) atoms. The Morgan fingerprint density at radius 3 is 2.70 bits per heavy atom. The number of rotatable bonds is 5. The Balaban J connectivity index is 2.10. The van der Waals surface area contributed by atoms with Crippen LogP contribution in [0, 0.1) is 0 Å². The quantitative estimate of drug-likeness (QED) is 0.874. The van der Waals surface area contributed by atoms with Gasteiger partial charge in [-0.2, -0.15) is 0 Å². The Morgan fingerprint density at radius 2 is 2.09 bits per heavy atom. The van der Waals surface area contributed by atoms with E-state index < -0.39 is 0 Å². The molecule has 1 aliphatic rings. The Bertz CT molecular complexity index is 579. The maximum atomic E-state index is 12.4. The monoisotopic (exact) mass is 321 g/mol. The molecule has 0 fully saturated rings. The highest BCUT2D eigenvalue weighted by Crippen LogP contribution is 2.25. The van der Waals surface area contributed by atoms with Gasteiger partial charge in [-0.15, -0.1) is 0 Å². The van der Waals surface area contributed by atoms with Crippen LogP contribution in [-0.4, -0.2) is 64.4 Å². The van der Waals surface area contributed by atoms with Crippen LogP contribution in [0.2, 0.25) is 0 Å². The topological polar surface area (TPSA) is 70.5 Å². The summed E-state index contributed by atoms with van der Waals surface area (Å²) in [5.41, 5.74) is 0.420. The fourth-order valence-electron chi connectivity index (χ4n) is 2.74. The van der Waals surface area contributed by atoms with Crippen molar-refractivity contribution in [3.05, 3.63) is 17.7 Å². The van der Waals surface area contributed by atoms with E-state index in [0.29, 0.717) is 25.2 Å². The van der Waals surface area contributed by atoms with Crippen molar-refractivity contribution in [3.63, 3.8) is 0 Å². The van der Waals surface area contributed by atoms with Crippen molar-refractivity contribution >= 4 is 11.8 Å². The highest BCUT2D eigenvalue weighted by Gasteiger charge is 2.30. The maximum Gasteiger partial charge on any atom is 0.271 e. The Hall–Kier alpha value is -1.89. The van der Waals surface area contributed by atoms with Crippen molar-refractivity contribution in [2.45, 2.75) is 45.8 Å². The van der Waals surface area contributed by atoms with Gasteiger partial charge in [0.15, 0.2) is 0 Å². The van der Waals surface area contributed by atoms with Gasteiger partial charge in [-0.3, -0.25) is 9.59 Å². The van der Waals surface area contributed by atoms with E-state index in [4.69, 9.17) is 0 Å². The summed E-state index contributed by atoms with van der Waals surface area (Å²) < 4.78 is 1.98. The van der Waals surface area contributed by atoms with Gasteiger partial charge in [-0.05, 0) is 34.9 Å². The third kappa shape index (κ3) is 4.10. The second kappa shape index (κ2) is 7.12. The number of hydrogen-bond donors (Lipinski definition) is 1. The first-order valence-electron chi connectivity index (χ1n) is 8.11. The predicted octanol–water partition coefficient (Wildman–Crippen LogP) is 0.876. The lowest BCUT2D eigenvalue weighted by atomic mass is 10.2. The average molecular weight is 321 g/mol. The number of carbonyl (C=O) groups is 2. The number of hydrogen-bond acceptors (Lipinski definition) is 4. The SMILES string of the molecule is CC(C)NC(=O)c1cn2c(n1)[C@H](C)N(C(=O)CCN(C)C)CC2. The first kappa shape index (κ1) is 17.5. The van der Waals surface area contributed by atoms with Gasteiger partial charge in [0.2, 0.25) is 5.91 Å². The molecule has 1 aromatic rings. The molecule has 2 rings (SSSR count). The van der Waals surface area contributed by atoms with E-state index in [0.717, 1.165) is 12.4 Å². The molecule has 7 heteroatoms. The molecule has 1 N–H and O–H groups in total. The molecule has 2 heterocycles. The third-order valence-corrected chi connectivity index (χ3v) is 3.98. The van der Waals surface area contributed by atoms with Gasteiger partial charge < -0.3 is 19.7 Å². The normalized spacial score (nSPS) is 17.5. The second-order valence-corrected chi connectivity index (χ2v) is 6.62. The number of nitrogens with zero attached hydrogens (tertiary/aromatic N) is 4. The average Bonchev–Trinajstić information content (AvgIpc) is 2.89. The van der Waals surface area contributed by atoms with Crippen molar-refractivity contribution in [2.75, 3.05) is 27.2 Å². The molecular weight excluding hydrogens is 294 g/mol. The van der Waals surface area contributed by atoms with Gasteiger partial charge in [-0.1, -0.05) is 0 Å². The summed E-state index contributed by atoms with van der Waals surface area (Å²) in [5.74, 6) is 0.747. The molecule has 1 aromatic heterocycles. The molecule has 0 aliphatic carbocycles. The molecule has 0 aromatic carbocycles. The van der Waals surface area contributed by atoms with Crippen molar-refractivity contribution in [3.8, 4) is 0 Å². The molecule has 0 saturated heterocycles. The van der Waals surface area contributed by atoms with Gasteiger partial charge in [-0.25, -0.2) is 4.98 Å². The number of nitrogens with one attached hydrogen (secondary N) is 1. The van der Waals surface area contributed by atoms with E-state index in [1.165, 1.54) is 0 Å². The number of aromatic nitrogens is 2. The smallest absolute Gasteiger partial charge is 0.271 e. The molecule has 7 nitrogen and oxygen atoms in total. The van der Waals surface area contributed by atoms with Crippen molar-refractivity contribution in [1.82, 2.24) is 24.7 Å². The summed E-state index contributed by atoms with van der Waals surface area (Å²) in [4.78, 5) is 32.8. The summed E-state index contributed by atoms with van der Waals surface area (Å²) in [6.07, 6.45) is 2.28. The van der Waals surface area contributed by atoms with Gasteiger partial charge in [0.05, 0.1) is 6.04 Å². The van der Waals surface area contributed by atoms with Gasteiger partial charge in [0, 0.05) is 38.3 Å². The third-order valence-electron chi connectivity index (χ3n) is 3.98. The minimum absolute atomic E-state index is 0.0720. The fraction of sp³-hybridized carbons (Fsp3) is 0.688. The molecule has 0 saturated carbocycles. The maximum absolute atomic E-state index is 12.4. The van der Waals surface area contributed by atoms with Crippen LogP contribution in [0.4, 0.5) is 0 Å². The van der Waals surface area contributed by atoms with Crippen molar-refractivity contribution in [2.24, 2.45) is 0 Å². The van der Waals surface area contributed by atoms with Gasteiger partial charge in [0.25, 0.3) is 5.91 Å². The number of fused-ring (bicyclic) bond motifs is 1. The summed E-state index contributed by atoms with van der Waals surface area (Å²) >= 11 is 0. The Kier molecular flexibility index (Phi) is 5.41. The van der Waals surface area contributed by atoms with E-state index in [-0.39, 0.29) is 23.9 Å². The van der Waals surface area contributed by atoms with Crippen molar-refractivity contribution in [1.29, 1.82) is 0 Å². The molecule has 1 aliphatic heterocycles. The lowest BCUT2D eigenvalue weighted by Crippen LogP contribution is -2.41. The summed E-state index contributed by atoms with van der Waals surface area (Å²) in [7, 11) is 3.92. The van der Waals surface area contributed by atoms with E-state index >= 15 is 0 Å². The lowest BCUT2D eigenvalue weighted by Gasteiger charge is -2.34. The number of carbonyl (C=O) groups excluding carboxylic acids is 2. The van der Waals surface area contributed by atoms with Crippen molar-refractivity contribution < 1.29 is 9.59 Å². The predicted molar refractivity (Wildman–Crippen MR) is 88.1 cm³/mol. The summed E-state index contributed by atoms with van der Waals surface area (Å²) in [6.45, 7) is 7.87. The standard InChI is InChI=1S/C16H27N5O2/c1-11(2)17-16(23)13-10-20-8-9-21(12(3)15(20)18-13)14(22)6-7-19(4)5/h10-12H,6-9H2,1-5H3,(H,17,23)/t12-/m0/s1. The first-order valence-corrected chi connectivity index (χ1v) is 8.11. The summed E-state index contributed by atoms with van der Waals surface area (Å²) in [6, 6.07) is -0.0400. The van der Waals surface area contributed by atoms with Crippen LogP contribution < -0.4 is 5.32 Å². The van der Waals surface area contributed by atoms with E-state index in [1.807, 2.05) is 49.2 Å². The highest BCUT2D eigenvalue weighted by atomic mass is 16.2. The molecule has 1 atom stereocenters. The second-order valence-electron chi connectivity index (χ2n) is 6.62. The zero-order valence-corrected chi connectivity index (χ0v) is 14.7. The fourth-order valence-corrected chi connectivity index (χ4v) is 2.74.